The maximum atomic E-state index is 13.2. The summed E-state index contributed by atoms with van der Waals surface area (Å²) in [6, 6.07) is 9.66. The number of ketones is 1. The van der Waals surface area contributed by atoms with Gasteiger partial charge < -0.3 is 15.2 Å². The number of aromatic nitrogens is 1. The minimum Gasteiger partial charge on any atom is -0.460 e. The average molecular weight is 684 g/mol. The number of ether oxygens (including phenoxy) is 1. The summed E-state index contributed by atoms with van der Waals surface area (Å²) in [5.74, 6) is -2.29. The van der Waals surface area contributed by atoms with Crippen molar-refractivity contribution in [3.63, 3.8) is 0 Å². The fourth-order valence-corrected chi connectivity index (χ4v) is 5.11. The van der Waals surface area contributed by atoms with Crippen LogP contribution in [0.2, 0.25) is 0 Å². The molecule has 1 aromatic carbocycles. The lowest BCUT2D eigenvalue weighted by Gasteiger charge is -2.34. The van der Waals surface area contributed by atoms with Crippen molar-refractivity contribution in [1.29, 1.82) is 0 Å². The highest BCUT2D eigenvalue weighted by Gasteiger charge is 2.34. The summed E-state index contributed by atoms with van der Waals surface area (Å²) in [4.78, 5) is 56.1. The standard InChI is InChI=1S/C32H41Cl3N4O6/c1-19(2)26(16-25(41)12-10-22-11-13-27(36-17-22)24-8-5-7-23(15-24)21(4)40)29(42)37-20(3)30(43)39-14-6-9-28(38-39)31(44)45-18-32(33,34)35/h5,7-8,11,13,15,17,19-21,26,28,38,40H,6,9-10,12,14,16,18H2,1-4H3,(H,37,42)/t20-,21+,26-,28-/m0/s1. The van der Waals surface area contributed by atoms with Crippen molar-refractivity contribution >= 4 is 58.4 Å². The Hall–Kier alpha value is -2.76. The zero-order valence-corrected chi connectivity index (χ0v) is 28.2. The van der Waals surface area contributed by atoms with Gasteiger partial charge in [-0.15, -0.1) is 0 Å². The van der Waals surface area contributed by atoms with E-state index in [2.05, 4.69) is 15.7 Å². The Morgan fingerprint density at radius 2 is 1.87 bits per heavy atom. The van der Waals surface area contributed by atoms with E-state index in [0.717, 1.165) is 22.4 Å². The predicted molar refractivity (Wildman–Crippen MR) is 173 cm³/mol. The molecule has 0 saturated carbocycles. The Labute approximate surface area is 279 Å². The smallest absolute Gasteiger partial charge is 0.325 e. The lowest BCUT2D eigenvalue weighted by molar-refractivity contribution is -0.153. The monoisotopic (exact) mass is 682 g/mol. The van der Waals surface area contributed by atoms with Crippen LogP contribution < -0.4 is 10.7 Å². The van der Waals surface area contributed by atoms with Gasteiger partial charge in [-0.25, -0.2) is 5.43 Å². The number of pyridine rings is 1. The number of aliphatic hydroxyl groups is 1. The number of halogens is 3. The molecule has 4 atom stereocenters. The van der Waals surface area contributed by atoms with Crippen molar-refractivity contribution in [3.8, 4) is 11.3 Å². The predicted octanol–water partition coefficient (Wildman–Crippen LogP) is 4.88. The fourth-order valence-electron chi connectivity index (χ4n) is 4.95. The Bertz CT molecular complexity index is 1330. The highest BCUT2D eigenvalue weighted by atomic mass is 35.6. The molecule has 3 rings (SSSR count). The van der Waals surface area contributed by atoms with Crippen LogP contribution in [0.5, 0.6) is 0 Å². The molecule has 2 aromatic rings. The summed E-state index contributed by atoms with van der Waals surface area (Å²) in [6.45, 7) is 6.90. The largest absolute Gasteiger partial charge is 0.460 e. The van der Waals surface area contributed by atoms with Gasteiger partial charge in [-0.3, -0.25) is 29.2 Å². The first kappa shape index (κ1) is 36.7. The zero-order valence-electron chi connectivity index (χ0n) is 25.9. The summed E-state index contributed by atoms with van der Waals surface area (Å²) in [6.07, 6.45) is 2.89. The van der Waals surface area contributed by atoms with E-state index in [4.69, 9.17) is 39.5 Å². The molecule has 3 N–H and O–H groups in total. The molecule has 1 saturated heterocycles. The number of nitrogens with zero attached hydrogens (tertiary/aromatic N) is 2. The molecule has 0 radical (unpaired) electrons. The van der Waals surface area contributed by atoms with E-state index < -0.39 is 46.4 Å². The number of aliphatic hydroxyl groups excluding tert-OH is 1. The van der Waals surface area contributed by atoms with Gasteiger partial charge in [-0.1, -0.05) is 72.9 Å². The number of esters is 1. The van der Waals surface area contributed by atoms with E-state index in [-0.39, 0.29) is 30.4 Å². The minimum absolute atomic E-state index is 0.0428. The third kappa shape index (κ3) is 11.5. The lowest BCUT2D eigenvalue weighted by Crippen LogP contribution is -2.59. The summed E-state index contributed by atoms with van der Waals surface area (Å²) >= 11 is 16.9. The van der Waals surface area contributed by atoms with Crippen molar-refractivity contribution in [2.24, 2.45) is 11.8 Å². The van der Waals surface area contributed by atoms with Crippen LogP contribution in [0.1, 0.15) is 70.6 Å². The van der Waals surface area contributed by atoms with Crippen molar-refractivity contribution in [3.05, 3.63) is 53.7 Å². The molecule has 1 aliphatic heterocycles. The fraction of sp³-hybridized carbons (Fsp3) is 0.531. The maximum absolute atomic E-state index is 13.2. The summed E-state index contributed by atoms with van der Waals surface area (Å²) in [5.41, 5.74) is 6.20. The molecule has 246 valence electrons. The van der Waals surface area contributed by atoms with Gasteiger partial charge in [0.15, 0.2) is 0 Å². The normalized spacial score (nSPS) is 17.4. The van der Waals surface area contributed by atoms with Gasteiger partial charge in [-0.2, -0.15) is 0 Å². The van der Waals surface area contributed by atoms with Crippen LogP contribution in [0, 0.1) is 11.8 Å². The van der Waals surface area contributed by atoms with E-state index >= 15 is 0 Å². The van der Waals surface area contributed by atoms with E-state index in [9.17, 15) is 24.3 Å². The first-order valence-electron chi connectivity index (χ1n) is 15.0. The number of carbonyl (C=O) groups is 4. The quantitative estimate of drug-likeness (QED) is 0.201. The number of hydrogen-bond acceptors (Lipinski definition) is 8. The number of aryl methyl sites for hydroxylation is 1. The van der Waals surface area contributed by atoms with Gasteiger partial charge in [0.25, 0.3) is 5.91 Å². The van der Waals surface area contributed by atoms with E-state index in [1.54, 1.807) is 20.0 Å². The molecular weight excluding hydrogens is 643 g/mol. The Morgan fingerprint density at radius 1 is 1.13 bits per heavy atom. The summed E-state index contributed by atoms with van der Waals surface area (Å²) < 4.78 is 3.28. The molecule has 13 heteroatoms. The third-order valence-electron chi connectivity index (χ3n) is 7.62. The lowest BCUT2D eigenvalue weighted by atomic mass is 9.88. The number of hydrogen-bond donors (Lipinski definition) is 3. The number of nitrogens with one attached hydrogen (secondary N) is 2. The molecule has 0 spiro atoms. The number of hydrazine groups is 1. The topological polar surface area (TPSA) is 138 Å². The van der Waals surface area contributed by atoms with Crippen LogP contribution in [0.25, 0.3) is 11.3 Å². The Morgan fingerprint density at radius 3 is 2.49 bits per heavy atom. The van der Waals surface area contributed by atoms with Gasteiger partial charge in [0.1, 0.15) is 24.5 Å². The number of rotatable bonds is 13. The van der Waals surface area contributed by atoms with Crippen LogP contribution in [-0.4, -0.2) is 67.7 Å². The average Bonchev–Trinajstić information content (AvgIpc) is 3.00. The second kappa shape index (κ2) is 16.7. The van der Waals surface area contributed by atoms with Crippen LogP contribution in [0.15, 0.2) is 42.6 Å². The molecular formula is C32H41Cl3N4O6. The van der Waals surface area contributed by atoms with Crippen LogP contribution in [-0.2, 0) is 30.3 Å². The van der Waals surface area contributed by atoms with E-state index in [0.29, 0.717) is 25.8 Å². The van der Waals surface area contributed by atoms with E-state index in [1.165, 1.54) is 5.01 Å². The number of carbonyl (C=O) groups excluding carboxylic acids is 4. The van der Waals surface area contributed by atoms with Crippen LogP contribution in [0.4, 0.5) is 0 Å². The van der Waals surface area contributed by atoms with Crippen molar-refractivity contribution < 1.29 is 29.0 Å². The first-order valence-corrected chi connectivity index (χ1v) is 16.1. The highest BCUT2D eigenvalue weighted by Crippen LogP contribution is 2.26. The number of Topliss-reactive ketones (excluding diaryl/α,β-unsaturated/α-hetero) is 1. The maximum Gasteiger partial charge on any atom is 0.325 e. The second-order valence-electron chi connectivity index (χ2n) is 11.7. The Kier molecular flexibility index (Phi) is 13.6. The highest BCUT2D eigenvalue weighted by molar-refractivity contribution is 6.67. The zero-order chi connectivity index (χ0) is 33.3. The molecule has 10 nitrogen and oxygen atoms in total. The molecule has 0 bridgehead atoms. The summed E-state index contributed by atoms with van der Waals surface area (Å²) in [5, 5.41) is 13.9. The number of benzene rings is 1. The Balaban J connectivity index is 1.50. The van der Waals surface area contributed by atoms with Crippen molar-refractivity contribution in [2.75, 3.05) is 13.2 Å². The molecule has 0 aliphatic carbocycles. The summed E-state index contributed by atoms with van der Waals surface area (Å²) in [7, 11) is 0. The SMILES string of the molecule is CC(C)[C@H](CC(=O)CCc1ccc(-c2cccc([C@@H](C)O)c2)nc1)C(=O)N[C@@H](C)C(=O)N1CCC[C@@H](C(=O)OCC(Cl)(Cl)Cl)N1. The van der Waals surface area contributed by atoms with Gasteiger partial charge in [0.05, 0.1) is 11.8 Å². The minimum atomic E-state index is -1.75. The molecule has 1 aromatic heterocycles. The van der Waals surface area contributed by atoms with Crippen molar-refractivity contribution in [2.45, 2.75) is 81.8 Å². The first-order chi connectivity index (χ1) is 21.1. The van der Waals surface area contributed by atoms with Crippen LogP contribution in [0.3, 0.4) is 0 Å². The number of alkyl halides is 3. The molecule has 1 fully saturated rings. The van der Waals surface area contributed by atoms with Gasteiger partial charge in [0.2, 0.25) is 9.70 Å². The third-order valence-corrected chi connectivity index (χ3v) is 7.94. The molecule has 0 unspecified atom stereocenters. The van der Waals surface area contributed by atoms with Crippen molar-refractivity contribution in [1.82, 2.24) is 20.7 Å². The van der Waals surface area contributed by atoms with Gasteiger partial charge >= 0.3 is 5.97 Å². The van der Waals surface area contributed by atoms with Gasteiger partial charge in [-0.05, 0) is 62.3 Å². The van der Waals surface area contributed by atoms with Crippen LogP contribution >= 0.6 is 34.8 Å². The molecule has 2 heterocycles. The molecule has 2 amide bonds. The van der Waals surface area contributed by atoms with Gasteiger partial charge in [0, 0.05) is 37.1 Å². The molecule has 45 heavy (non-hydrogen) atoms. The molecule has 1 aliphatic rings. The number of amides is 2. The van der Waals surface area contributed by atoms with E-state index in [1.807, 2.05) is 50.2 Å². The second-order valence-corrected chi connectivity index (χ2v) is 14.2.